The van der Waals surface area contributed by atoms with E-state index in [1.54, 1.807) is 0 Å². The van der Waals surface area contributed by atoms with Crippen LogP contribution in [0.3, 0.4) is 0 Å². The van der Waals surface area contributed by atoms with Crippen LogP contribution in [0.4, 0.5) is 0 Å². The number of rotatable bonds is 5. The van der Waals surface area contributed by atoms with Gasteiger partial charge in [0.15, 0.2) is 0 Å². The van der Waals surface area contributed by atoms with Gasteiger partial charge in [0.25, 0.3) is 0 Å². The van der Waals surface area contributed by atoms with E-state index < -0.39 is 0 Å². The number of carbonyl (C=O) groups excluding carboxylic acids is 1. The van der Waals surface area contributed by atoms with Gasteiger partial charge in [-0.1, -0.05) is 24.3 Å². The Labute approximate surface area is 177 Å². The van der Waals surface area contributed by atoms with Crippen molar-refractivity contribution >= 4 is 22.4 Å². The summed E-state index contributed by atoms with van der Waals surface area (Å²) in [5.41, 5.74) is 6.30. The first-order chi connectivity index (χ1) is 14.7. The zero-order valence-corrected chi connectivity index (χ0v) is 17.6. The smallest absolute Gasteiger partial charge is 0.230 e. The van der Waals surface area contributed by atoms with Crippen LogP contribution in [0.1, 0.15) is 30.5 Å². The minimum Gasteiger partial charge on any atom is -0.361 e. The summed E-state index contributed by atoms with van der Waals surface area (Å²) in [6.45, 7) is 7.15. The molecule has 0 fully saturated rings. The number of hydrogen-bond acceptors (Lipinski definition) is 3. The van der Waals surface area contributed by atoms with E-state index in [-0.39, 0.29) is 17.9 Å². The minimum atomic E-state index is -0.122. The second-order valence-electron chi connectivity index (χ2n) is 8.29. The van der Waals surface area contributed by atoms with Crippen LogP contribution >= 0.6 is 0 Å². The van der Waals surface area contributed by atoms with Crippen molar-refractivity contribution < 1.29 is 4.79 Å². The number of carbonyl (C=O) groups is 1. The normalized spacial score (nSPS) is 20.7. The Morgan fingerprint density at radius 1 is 1.23 bits per heavy atom. The third-order valence-corrected chi connectivity index (χ3v) is 6.62. The van der Waals surface area contributed by atoms with Crippen LogP contribution in [-0.2, 0) is 17.8 Å². The van der Waals surface area contributed by atoms with Crippen molar-refractivity contribution in [1.29, 1.82) is 0 Å². The van der Waals surface area contributed by atoms with E-state index >= 15 is 0 Å². The van der Waals surface area contributed by atoms with Gasteiger partial charge in [0.05, 0.1) is 5.92 Å². The van der Waals surface area contributed by atoms with Crippen LogP contribution in [0.2, 0.25) is 0 Å². The molecule has 0 saturated heterocycles. The Hall–Kier alpha value is -2.92. The number of aromatic nitrogens is 2. The van der Waals surface area contributed by atoms with Gasteiger partial charge in [-0.05, 0) is 54.7 Å². The first kappa shape index (κ1) is 19.1. The van der Waals surface area contributed by atoms with Gasteiger partial charge in [0, 0.05) is 61.7 Å². The number of pyridine rings is 1. The maximum Gasteiger partial charge on any atom is 0.230 e. The highest BCUT2D eigenvalue weighted by atomic mass is 16.2. The van der Waals surface area contributed by atoms with Gasteiger partial charge in [0.2, 0.25) is 5.91 Å². The molecule has 2 atom stereocenters. The van der Waals surface area contributed by atoms with Crippen LogP contribution in [-0.4, -0.2) is 51.4 Å². The van der Waals surface area contributed by atoms with Crippen molar-refractivity contribution in [3.63, 3.8) is 0 Å². The molecule has 154 valence electrons. The lowest BCUT2D eigenvalue weighted by Gasteiger charge is -2.42. The van der Waals surface area contributed by atoms with Gasteiger partial charge in [-0.25, -0.2) is 0 Å². The predicted octanol–water partition coefficient (Wildman–Crippen LogP) is 3.87. The van der Waals surface area contributed by atoms with Crippen LogP contribution in [0.25, 0.3) is 16.5 Å². The van der Waals surface area contributed by atoms with E-state index in [0.29, 0.717) is 0 Å². The number of amides is 1. The Morgan fingerprint density at radius 2 is 2.10 bits per heavy atom. The molecule has 1 N–H and O–H groups in total. The first-order valence-electron chi connectivity index (χ1n) is 10.9. The van der Waals surface area contributed by atoms with Gasteiger partial charge in [0.1, 0.15) is 0 Å². The van der Waals surface area contributed by atoms with Crippen LogP contribution < -0.4 is 0 Å². The molecular formula is C25H28N4O. The van der Waals surface area contributed by atoms with E-state index in [9.17, 15) is 4.79 Å². The van der Waals surface area contributed by atoms with Crippen molar-refractivity contribution in [3.8, 4) is 0 Å². The molecule has 1 aliphatic carbocycles. The highest BCUT2D eigenvalue weighted by Gasteiger charge is 2.38. The molecule has 30 heavy (non-hydrogen) atoms. The summed E-state index contributed by atoms with van der Waals surface area (Å²) in [6.07, 6.45) is 9.13. The number of nitrogens with one attached hydrogen (secondary N) is 1. The van der Waals surface area contributed by atoms with Crippen molar-refractivity contribution in [3.05, 3.63) is 71.7 Å². The fraction of sp³-hybridized carbons (Fsp3) is 0.360. The van der Waals surface area contributed by atoms with E-state index in [0.717, 1.165) is 32.6 Å². The molecule has 3 aromatic rings. The lowest BCUT2D eigenvalue weighted by atomic mass is 9.79. The Kier molecular flexibility index (Phi) is 4.91. The van der Waals surface area contributed by atoms with Gasteiger partial charge in [-0.15, -0.1) is 0 Å². The monoisotopic (exact) mass is 400 g/mol. The molecule has 1 aliphatic heterocycles. The summed E-state index contributed by atoms with van der Waals surface area (Å²) in [5.74, 6) is 0.109. The minimum absolute atomic E-state index is 0.122. The molecule has 0 radical (unpaired) electrons. The lowest BCUT2D eigenvalue weighted by Crippen LogP contribution is -2.48. The molecule has 5 nitrogen and oxygen atoms in total. The van der Waals surface area contributed by atoms with E-state index in [4.69, 9.17) is 0 Å². The SMILES string of the molecule is CCN(CC)C(=O)[C@@H]1C=C2c3cccc4[nH]cc(c34)CC2N(Cc2cccnc2)C1. The molecule has 2 aromatic heterocycles. The van der Waals surface area contributed by atoms with Crippen molar-refractivity contribution in [2.75, 3.05) is 19.6 Å². The predicted molar refractivity (Wildman–Crippen MR) is 120 cm³/mol. The fourth-order valence-electron chi connectivity index (χ4n) is 5.15. The Morgan fingerprint density at radius 3 is 2.87 bits per heavy atom. The average Bonchev–Trinajstić information content (AvgIpc) is 3.20. The highest BCUT2D eigenvalue weighted by Crippen LogP contribution is 2.41. The van der Waals surface area contributed by atoms with Gasteiger partial charge in [-0.3, -0.25) is 14.7 Å². The number of fused-ring (bicyclic) bond motifs is 2. The summed E-state index contributed by atoms with van der Waals surface area (Å²) in [4.78, 5) is 25.5. The Balaban J connectivity index is 1.58. The van der Waals surface area contributed by atoms with E-state index in [2.05, 4.69) is 65.3 Å². The molecule has 3 heterocycles. The quantitative estimate of drug-likeness (QED) is 0.707. The first-order valence-corrected chi connectivity index (χ1v) is 10.9. The van der Waals surface area contributed by atoms with E-state index in [1.807, 2.05) is 23.4 Å². The molecule has 0 bridgehead atoms. The number of hydrogen-bond donors (Lipinski definition) is 1. The summed E-state index contributed by atoms with van der Waals surface area (Å²) in [6, 6.07) is 10.8. The maximum absolute atomic E-state index is 13.3. The number of H-pyrrole nitrogens is 1. The topological polar surface area (TPSA) is 52.2 Å². The molecule has 1 amide bonds. The number of aromatic amines is 1. The molecular weight excluding hydrogens is 372 g/mol. The van der Waals surface area contributed by atoms with Gasteiger partial charge in [-0.2, -0.15) is 0 Å². The molecule has 0 saturated carbocycles. The average molecular weight is 401 g/mol. The van der Waals surface area contributed by atoms with Gasteiger partial charge >= 0.3 is 0 Å². The molecule has 1 aromatic carbocycles. The third-order valence-electron chi connectivity index (χ3n) is 6.62. The molecule has 5 rings (SSSR count). The van der Waals surface area contributed by atoms with E-state index in [1.165, 1.54) is 33.2 Å². The second-order valence-corrected chi connectivity index (χ2v) is 8.29. The van der Waals surface area contributed by atoms with Gasteiger partial charge < -0.3 is 9.88 Å². The molecule has 0 spiro atoms. The summed E-state index contributed by atoms with van der Waals surface area (Å²) in [7, 11) is 0. The molecule has 1 unspecified atom stereocenters. The highest BCUT2D eigenvalue weighted by molar-refractivity contribution is 5.99. The Bertz CT molecular complexity index is 1100. The standard InChI is InChI=1S/C25H28N4O/c1-3-28(4-2)25(30)19-11-21-20-8-5-9-22-24(20)18(14-27-22)12-23(21)29(16-19)15-17-7-6-10-26-13-17/h5-11,13-14,19,23,27H,3-4,12,15-16H2,1-2H3/t19-,23?/m1/s1. The van der Waals surface area contributed by atoms with Crippen LogP contribution in [0.5, 0.6) is 0 Å². The summed E-state index contributed by atoms with van der Waals surface area (Å²) < 4.78 is 0. The summed E-state index contributed by atoms with van der Waals surface area (Å²) in [5, 5.41) is 1.32. The van der Waals surface area contributed by atoms with Crippen molar-refractivity contribution in [2.45, 2.75) is 32.9 Å². The maximum atomic E-state index is 13.3. The number of nitrogens with zero attached hydrogens (tertiary/aromatic N) is 3. The fourth-order valence-corrected chi connectivity index (χ4v) is 5.15. The number of benzene rings is 1. The van der Waals surface area contributed by atoms with Crippen molar-refractivity contribution in [1.82, 2.24) is 19.8 Å². The lowest BCUT2D eigenvalue weighted by molar-refractivity contribution is -0.134. The second kappa shape index (κ2) is 7.73. The zero-order valence-electron chi connectivity index (χ0n) is 17.6. The van der Waals surface area contributed by atoms with Crippen molar-refractivity contribution in [2.24, 2.45) is 5.92 Å². The third kappa shape index (κ3) is 3.14. The van der Waals surface area contributed by atoms with Crippen LogP contribution in [0, 0.1) is 5.92 Å². The summed E-state index contributed by atoms with van der Waals surface area (Å²) >= 11 is 0. The zero-order chi connectivity index (χ0) is 20.7. The largest absolute Gasteiger partial charge is 0.361 e. The molecule has 5 heteroatoms. The molecule has 2 aliphatic rings. The van der Waals surface area contributed by atoms with Crippen LogP contribution in [0.15, 0.2) is 55.0 Å².